The van der Waals surface area contributed by atoms with Crippen LogP contribution in [0, 0.1) is 12.8 Å². The Morgan fingerprint density at radius 3 is 2.44 bits per heavy atom. The van der Waals surface area contributed by atoms with E-state index >= 15 is 0 Å². The second kappa shape index (κ2) is 8.32. The van der Waals surface area contributed by atoms with Crippen molar-refractivity contribution < 1.29 is 27.5 Å². The highest BCUT2D eigenvalue weighted by molar-refractivity contribution is 6.25. The van der Waals surface area contributed by atoms with E-state index in [2.05, 4.69) is 0 Å². The summed E-state index contributed by atoms with van der Waals surface area (Å²) in [5, 5.41) is 3.59. The fourth-order valence-corrected chi connectivity index (χ4v) is 4.94. The zero-order valence-electron chi connectivity index (χ0n) is 18.3. The Labute approximate surface area is 184 Å². The number of aryl methyl sites for hydroxylation is 1. The maximum atomic E-state index is 13.6. The van der Waals surface area contributed by atoms with Gasteiger partial charge in [0.15, 0.2) is 11.6 Å². The highest BCUT2D eigenvalue weighted by Gasteiger charge is 2.43. The van der Waals surface area contributed by atoms with E-state index in [1.165, 1.54) is 7.11 Å². The van der Waals surface area contributed by atoms with Gasteiger partial charge in [-0.05, 0) is 59.4 Å². The van der Waals surface area contributed by atoms with Gasteiger partial charge >= 0.3 is 6.18 Å². The molecule has 0 bridgehead atoms. The van der Waals surface area contributed by atoms with Crippen LogP contribution in [0.4, 0.5) is 13.2 Å². The zero-order valence-corrected chi connectivity index (χ0v) is 18.3. The quantitative estimate of drug-likeness (QED) is 0.333. The molecule has 0 spiro atoms. The SMILES string of the molecule is COC(C)CC1C(=O)c2c(ccc3c2c(C)cc2ccccc23)C(CCC(F)(F)F)C1=O. The predicted molar refractivity (Wildman–Crippen MR) is 118 cm³/mol. The number of carbonyl (C=O) groups excluding carboxylic acids is 2. The number of ketones is 2. The Kier molecular flexibility index (Phi) is 5.84. The smallest absolute Gasteiger partial charge is 0.382 e. The summed E-state index contributed by atoms with van der Waals surface area (Å²) in [7, 11) is 1.49. The number of benzene rings is 3. The van der Waals surface area contributed by atoms with E-state index in [0.717, 1.165) is 27.1 Å². The van der Waals surface area contributed by atoms with Crippen molar-refractivity contribution in [3.8, 4) is 0 Å². The molecule has 0 saturated carbocycles. The number of Topliss-reactive ketones (excluding diaryl/α,β-unsaturated/α-hetero) is 2. The summed E-state index contributed by atoms with van der Waals surface area (Å²) in [5.74, 6) is -2.73. The lowest BCUT2D eigenvalue weighted by Gasteiger charge is -2.32. The number of hydrogen-bond acceptors (Lipinski definition) is 3. The topological polar surface area (TPSA) is 43.4 Å². The minimum atomic E-state index is -4.37. The molecule has 0 aliphatic heterocycles. The summed E-state index contributed by atoms with van der Waals surface area (Å²) < 4.78 is 44.4. The van der Waals surface area contributed by atoms with Crippen LogP contribution in [0.5, 0.6) is 0 Å². The Hall–Kier alpha value is -2.73. The number of hydrogen-bond donors (Lipinski definition) is 0. The summed E-state index contributed by atoms with van der Waals surface area (Å²) in [6.45, 7) is 3.65. The first-order valence-electron chi connectivity index (χ1n) is 10.7. The van der Waals surface area contributed by atoms with Gasteiger partial charge in [-0.3, -0.25) is 9.59 Å². The molecule has 3 unspecified atom stereocenters. The molecule has 1 aliphatic carbocycles. The van der Waals surface area contributed by atoms with Crippen LogP contribution in [0.25, 0.3) is 21.5 Å². The summed E-state index contributed by atoms with van der Waals surface area (Å²) in [6, 6.07) is 13.3. The van der Waals surface area contributed by atoms with Crippen molar-refractivity contribution >= 4 is 33.1 Å². The summed E-state index contributed by atoms with van der Waals surface area (Å²) in [6.07, 6.45) is -6.02. The van der Waals surface area contributed by atoms with Crippen LogP contribution in [0.15, 0.2) is 42.5 Å². The van der Waals surface area contributed by atoms with Crippen molar-refractivity contribution in [1.29, 1.82) is 0 Å². The molecule has 3 nitrogen and oxygen atoms in total. The van der Waals surface area contributed by atoms with Crippen molar-refractivity contribution in [2.45, 2.75) is 51.3 Å². The Morgan fingerprint density at radius 2 is 1.75 bits per heavy atom. The molecule has 0 heterocycles. The summed E-state index contributed by atoms with van der Waals surface area (Å²) >= 11 is 0. The molecule has 0 aromatic heterocycles. The molecule has 3 aromatic rings. The largest absolute Gasteiger partial charge is 0.389 e. The molecule has 0 radical (unpaired) electrons. The molecule has 0 amide bonds. The van der Waals surface area contributed by atoms with Crippen molar-refractivity contribution in [2.75, 3.05) is 7.11 Å². The van der Waals surface area contributed by atoms with E-state index in [9.17, 15) is 22.8 Å². The molecule has 3 atom stereocenters. The fourth-order valence-electron chi connectivity index (χ4n) is 4.94. The first-order valence-corrected chi connectivity index (χ1v) is 10.7. The molecule has 0 fully saturated rings. The number of halogens is 3. The van der Waals surface area contributed by atoms with Gasteiger partial charge in [0.2, 0.25) is 0 Å². The van der Waals surface area contributed by atoms with Crippen molar-refractivity contribution in [3.05, 3.63) is 59.2 Å². The molecule has 0 N–H and O–H groups in total. The van der Waals surface area contributed by atoms with Gasteiger partial charge in [-0.15, -0.1) is 0 Å². The molecular formula is C26H25F3O3. The molecule has 1 aliphatic rings. The van der Waals surface area contributed by atoms with E-state index in [1.54, 1.807) is 13.0 Å². The van der Waals surface area contributed by atoms with E-state index < -0.39 is 30.2 Å². The van der Waals surface area contributed by atoms with Crippen molar-refractivity contribution in [2.24, 2.45) is 5.92 Å². The molecule has 0 saturated heterocycles. The third-order valence-electron chi connectivity index (χ3n) is 6.57. The van der Waals surface area contributed by atoms with Crippen LogP contribution in [-0.4, -0.2) is 31.0 Å². The molecule has 4 rings (SSSR count). The highest BCUT2D eigenvalue weighted by Crippen LogP contribution is 2.43. The maximum absolute atomic E-state index is 13.6. The molecule has 6 heteroatoms. The van der Waals surface area contributed by atoms with Gasteiger partial charge in [0.25, 0.3) is 0 Å². The third kappa shape index (κ3) is 3.92. The van der Waals surface area contributed by atoms with Crippen LogP contribution in [-0.2, 0) is 9.53 Å². The van der Waals surface area contributed by atoms with Crippen LogP contribution in [0.3, 0.4) is 0 Å². The fraction of sp³-hybridized carbons (Fsp3) is 0.385. The van der Waals surface area contributed by atoms with Crippen molar-refractivity contribution in [3.63, 3.8) is 0 Å². The summed E-state index contributed by atoms with van der Waals surface area (Å²) in [5.41, 5.74) is 1.67. The highest BCUT2D eigenvalue weighted by atomic mass is 19.4. The molecule has 32 heavy (non-hydrogen) atoms. The average Bonchev–Trinajstić information content (AvgIpc) is 2.75. The normalized spacial score (nSPS) is 20.1. The van der Waals surface area contributed by atoms with Crippen LogP contribution < -0.4 is 0 Å². The third-order valence-corrected chi connectivity index (χ3v) is 6.57. The number of carbonyl (C=O) groups is 2. The number of fused-ring (bicyclic) bond motifs is 5. The van der Waals surface area contributed by atoms with Gasteiger partial charge in [0.05, 0.1) is 12.0 Å². The number of rotatable bonds is 5. The summed E-state index contributed by atoms with van der Waals surface area (Å²) in [4.78, 5) is 26.9. The lowest BCUT2D eigenvalue weighted by Crippen LogP contribution is -2.38. The second-order valence-corrected chi connectivity index (χ2v) is 8.67. The van der Waals surface area contributed by atoms with E-state index in [4.69, 9.17) is 4.74 Å². The predicted octanol–water partition coefficient (Wildman–Crippen LogP) is 6.53. The van der Waals surface area contributed by atoms with Crippen LogP contribution in [0.2, 0.25) is 0 Å². The van der Waals surface area contributed by atoms with Gasteiger partial charge in [-0.1, -0.05) is 42.5 Å². The van der Waals surface area contributed by atoms with Gasteiger partial charge in [0.1, 0.15) is 0 Å². The van der Waals surface area contributed by atoms with E-state index in [-0.39, 0.29) is 24.7 Å². The van der Waals surface area contributed by atoms with Gasteiger partial charge in [0, 0.05) is 25.0 Å². The first kappa shape index (κ1) is 22.5. The Bertz CT molecular complexity index is 1210. The van der Waals surface area contributed by atoms with Gasteiger partial charge in [-0.25, -0.2) is 0 Å². The van der Waals surface area contributed by atoms with E-state index in [1.807, 2.05) is 43.3 Å². The standard InChI is InChI=1S/C26H25F3O3/c1-14-12-16-6-4-5-7-17(16)18-8-9-19-20(10-11-26(27,28)29)24(30)21(13-15(2)32-3)25(31)23(19)22(14)18/h4-9,12,15,20-21H,10-11,13H2,1-3H3. The van der Waals surface area contributed by atoms with Gasteiger partial charge < -0.3 is 4.74 Å². The first-order chi connectivity index (χ1) is 15.1. The van der Waals surface area contributed by atoms with Gasteiger partial charge in [-0.2, -0.15) is 13.2 Å². The zero-order chi connectivity index (χ0) is 23.2. The van der Waals surface area contributed by atoms with Crippen LogP contribution in [0.1, 0.15) is 53.6 Å². The lowest BCUT2D eigenvalue weighted by atomic mass is 9.70. The molecule has 3 aromatic carbocycles. The molecule has 168 valence electrons. The lowest BCUT2D eigenvalue weighted by molar-refractivity contribution is -0.139. The van der Waals surface area contributed by atoms with Crippen molar-refractivity contribution in [1.82, 2.24) is 0 Å². The maximum Gasteiger partial charge on any atom is 0.389 e. The number of methoxy groups -OCH3 is 1. The second-order valence-electron chi connectivity index (χ2n) is 8.67. The molecular weight excluding hydrogens is 417 g/mol. The number of ether oxygens (including phenoxy) is 1. The minimum Gasteiger partial charge on any atom is -0.382 e. The van der Waals surface area contributed by atoms with E-state index in [0.29, 0.717) is 11.1 Å². The van der Waals surface area contributed by atoms with Crippen LogP contribution >= 0.6 is 0 Å². The Morgan fingerprint density at radius 1 is 1.03 bits per heavy atom. The Balaban J connectivity index is 1.96. The minimum absolute atomic E-state index is 0.152. The number of alkyl halides is 3. The monoisotopic (exact) mass is 442 g/mol. The average molecular weight is 442 g/mol.